The molecule has 1 amide bonds. The Hall–Kier alpha value is -0.980. The number of carbonyl (C=O) groups excluding carboxylic acids is 1. The normalized spacial score (nSPS) is 29.1. The van der Waals surface area contributed by atoms with Gasteiger partial charge in [0.1, 0.15) is 6.61 Å². The molecule has 3 heterocycles. The molecule has 0 N–H and O–H groups in total. The van der Waals surface area contributed by atoms with E-state index in [-0.39, 0.29) is 18.6 Å². The Labute approximate surface area is 117 Å². The summed E-state index contributed by atoms with van der Waals surface area (Å²) in [6, 6.07) is 0. The van der Waals surface area contributed by atoms with Gasteiger partial charge in [0.15, 0.2) is 0 Å². The van der Waals surface area contributed by atoms with E-state index in [0.29, 0.717) is 5.92 Å². The first-order valence-electron chi connectivity index (χ1n) is 6.67. The molecule has 104 valence electrons. The molecule has 0 spiro atoms. The number of fused-ring (bicyclic) bond motifs is 1. The summed E-state index contributed by atoms with van der Waals surface area (Å²) in [4.78, 5) is 20.2. The van der Waals surface area contributed by atoms with E-state index in [1.54, 1.807) is 16.2 Å². The first kappa shape index (κ1) is 13.0. The van der Waals surface area contributed by atoms with Gasteiger partial charge in [-0.15, -0.1) is 11.3 Å². The van der Waals surface area contributed by atoms with Gasteiger partial charge in [-0.3, -0.25) is 9.69 Å². The van der Waals surface area contributed by atoms with Crippen molar-refractivity contribution in [2.45, 2.75) is 19.1 Å². The summed E-state index contributed by atoms with van der Waals surface area (Å²) < 4.78 is 5.74. The average molecular weight is 281 g/mol. The van der Waals surface area contributed by atoms with Gasteiger partial charge in [-0.1, -0.05) is 0 Å². The van der Waals surface area contributed by atoms with Crippen LogP contribution in [0, 0.1) is 5.92 Å². The number of thiazole rings is 1. The van der Waals surface area contributed by atoms with Gasteiger partial charge in [-0.05, 0) is 6.42 Å². The minimum absolute atomic E-state index is 0.0976. The Bertz CT molecular complexity index is 437. The van der Waals surface area contributed by atoms with Crippen LogP contribution >= 0.6 is 11.3 Å². The van der Waals surface area contributed by atoms with E-state index in [1.807, 2.05) is 12.6 Å². The topological polar surface area (TPSA) is 45.7 Å². The highest BCUT2D eigenvalue weighted by Crippen LogP contribution is 2.24. The van der Waals surface area contributed by atoms with Crippen LogP contribution in [-0.4, -0.2) is 60.1 Å². The molecule has 1 aromatic rings. The number of hydrogen-bond donors (Lipinski definition) is 0. The molecular weight excluding hydrogens is 262 g/mol. The van der Waals surface area contributed by atoms with Crippen LogP contribution in [0.5, 0.6) is 0 Å². The molecule has 2 aliphatic heterocycles. The van der Waals surface area contributed by atoms with Crippen LogP contribution in [0.15, 0.2) is 10.9 Å². The van der Waals surface area contributed by atoms with Crippen molar-refractivity contribution in [1.29, 1.82) is 0 Å². The van der Waals surface area contributed by atoms with E-state index >= 15 is 0 Å². The number of hydrogen-bond acceptors (Lipinski definition) is 5. The van der Waals surface area contributed by atoms with Gasteiger partial charge in [0.05, 0.1) is 17.3 Å². The highest BCUT2D eigenvalue weighted by atomic mass is 32.1. The lowest BCUT2D eigenvalue weighted by atomic mass is 9.94. The van der Waals surface area contributed by atoms with Crippen LogP contribution in [0.4, 0.5) is 0 Å². The van der Waals surface area contributed by atoms with Crippen molar-refractivity contribution in [3.63, 3.8) is 0 Å². The summed E-state index contributed by atoms with van der Waals surface area (Å²) >= 11 is 1.64. The summed E-state index contributed by atoms with van der Waals surface area (Å²) in [5.41, 5.74) is 3.02. The highest BCUT2D eigenvalue weighted by molar-refractivity contribution is 7.07. The number of amides is 1. The Morgan fingerprint density at radius 2 is 2.42 bits per heavy atom. The van der Waals surface area contributed by atoms with Crippen molar-refractivity contribution >= 4 is 17.2 Å². The second kappa shape index (κ2) is 5.56. The largest absolute Gasteiger partial charge is 0.368 e. The first-order chi connectivity index (χ1) is 9.22. The maximum atomic E-state index is 11.7. The molecule has 0 aromatic carbocycles. The van der Waals surface area contributed by atoms with Crippen molar-refractivity contribution in [3.05, 3.63) is 16.6 Å². The number of ether oxygens (including phenoxy) is 1. The standard InChI is InChI=1S/C13H19N3O2S/c1-15-4-10-5-16(6-11-8-19-9-14-11)3-2-12(10)18-7-13(15)17/h8-10,12H,2-7H2,1H3/t10-,12-/m0/s1. The molecule has 1 aromatic heterocycles. The van der Waals surface area contributed by atoms with E-state index in [4.69, 9.17) is 4.74 Å². The minimum atomic E-state index is 0.0976. The monoisotopic (exact) mass is 281 g/mol. The van der Waals surface area contributed by atoms with Gasteiger partial charge >= 0.3 is 0 Å². The Kier molecular flexibility index (Phi) is 3.81. The Morgan fingerprint density at radius 3 is 3.21 bits per heavy atom. The molecule has 3 rings (SSSR count). The second-order valence-corrected chi connectivity index (χ2v) is 6.11. The fourth-order valence-corrected chi connectivity index (χ4v) is 3.46. The third-order valence-electron chi connectivity index (χ3n) is 3.97. The molecule has 2 aliphatic rings. The molecule has 0 radical (unpaired) electrons. The first-order valence-corrected chi connectivity index (χ1v) is 7.61. The number of likely N-dealkylation sites (tertiary alicyclic amines) is 1. The zero-order valence-electron chi connectivity index (χ0n) is 11.1. The molecule has 5 nitrogen and oxygen atoms in total. The molecule has 0 saturated carbocycles. The molecule has 0 aliphatic carbocycles. The van der Waals surface area contributed by atoms with Gasteiger partial charge in [0.25, 0.3) is 0 Å². The van der Waals surface area contributed by atoms with Gasteiger partial charge in [-0.2, -0.15) is 0 Å². The average Bonchev–Trinajstić information content (AvgIpc) is 2.85. The summed E-state index contributed by atoms with van der Waals surface area (Å²) in [5, 5.41) is 2.10. The second-order valence-electron chi connectivity index (χ2n) is 5.39. The number of nitrogens with zero attached hydrogens (tertiary/aromatic N) is 3. The van der Waals surface area contributed by atoms with E-state index < -0.39 is 0 Å². The van der Waals surface area contributed by atoms with E-state index in [9.17, 15) is 4.79 Å². The fraction of sp³-hybridized carbons (Fsp3) is 0.692. The summed E-state index contributed by atoms with van der Waals surface area (Å²) in [5.74, 6) is 0.518. The maximum Gasteiger partial charge on any atom is 0.248 e. The molecule has 2 saturated heterocycles. The lowest BCUT2D eigenvalue weighted by molar-refractivity contribution is -0.133. The molecular formula is C13H19N3O2S. The summed E-state index contributed by atoms with van der Waals surface area (Å²) in [7, 11) is 1.87. The van der Waals surface area contributed by atoms with Crippen molar-refractivity contribution in [3.8, 4) is 0 Å². The minimum Gasteiger partial charge on any atom is -0.368 e. The number of rotatable bonds is 2. The SMILES string of the molecule is CN1C[C@H]2CN(Cc3cscn3)CC[C@@H]2OCC1=O. The van der Waals surface area contributed by atoms with E-state index in [2.05, 4.69) is 15.3 Å². The zero-order valence-corrected chi connectivity index (χ0v) is 11.9. The van der Waals surface area contributed by atoms with Crippen LogP contribution in [0.3, 0.4) is 0 Å². The van der Waals surface area contributed by atoms with Crippen molar-refractivity contribution in [1.82, 2.24) is 14.8 Å². The molecule has 6 heteroatoms. The third-order valence-corrected chi connectivity index (χ3v) is 4.61. The third kappa shape index (κ3) is 2.96. The number of aromatic nitrogens is 1. The van der Waals surface area contributed by atoms with Crippen LogP contribution in [0.25, 0.3) is 0 Å². The van der Waals surface area contributed by atoms with Gasteiger partial charge in [0.2, 0.25) is 5.91 Å². The predicted molar refractivity (Wildman–Crippen MR) is 72.9 cm³/mol. The van der Waals surface area contributed by atoms with Crippen molar-refractivity contribution < 1.29 is 9.53 Å². The highest BCUT2D eigenvalue weighted by Gasteiger charge is 2.34. The lowest BCUT2D eigenvalue weighted by Gasteiger charge is -2.37. The van der Waals surface area contributed by atoms with Crippen molar-refractivity contribution in [2.24, 2.45) is 5.92 Å². The Morgan fingerprint density at radius 1 is 1.53 bits per heavy atom. The zero-order chi connectivity index (χ0) is 13.2. The number of piperidine rings is 1. The van der Waals surface area contributed by atoms with Crippen LogP contribution in [0.1, 0.15) is 12.1 Å². The van der Waals surface area contributed by atoms with Crippen LogP contribution < -0.4 is 0 Å². The predicted octanol–water partition coefficient (Wildman–Crippen LogP) is 0.822. The molecule has 0 unspecified atom stereocenters. The molecule has 0 bridgehead atoms. The molecule has 2 atom stereocenters. The summed E-state index contributed by atoms with van der Waals surface area (Å²) in [6.07, 6.45) is 1.25. The maximum absolute atomic E-state index is 11.7. The quantitative estimate of drug-likeness (QED) is 0.805. The van der Waals surface area contributed by atoms with Gasteiger partial charge in [0, 0.05) is 44.5 Å². The molecule has 19 heavy (non-hydrogen) atoms. The van der Waals surface area contributed by atoms with Crippen LogP contribution in [0.2, 0.25) is 0 Å². The summed E-state index contributed by atoms with van der Waals surface area (Å²) in [6.45, 7) is 3.96. The fourth-order valence-electron chi connectivity index (χ4n) is 2.91. The Balaban J connectivity index is 1.63. The van der Waals surface area contributed by atoms with Crippen molar-refractivity contribution in [2.75, 3.05) is 33.3 Å². The van der Waals surface area contributed by atoms with Gasteiger partial charge in [-0.25, -0.2) is 4.98 Å². The smallest absolute Gasteiger partial charge is 0.248 e. The van der Waals surface area contributed by atoms with Crippen LogP contribution in [-0.2, 0) is 16.1 Å². The molecule has 2 fully saturated rings. The van der Waals surface area contributed by atoms with E-state index in [0.717, 1.165) is 38.3 Å². The number of likely N-dealkylation sites (N-methyl/N-ethyl adjacent to an activating group) is 1. The number of carbonyl (C=O) groups is 1. The van der Waals surface area contributed by atoms with E-state index in [1.165, 1.54) is 0 Å². The lowest BCUT2D eigenvalue weighted by Crippen LogP contribution is -2.46. The van der Waals surface area contributed by atoms with Gasteiger partial charge < -0.3 is 9.64 Å².